The summed E-state index contributed by atoms with van der Waals surface area (Å²) in [5, 5.41) is 4.46. The molecular weight excluding hydrogens is 248 g/mol. The number of methoxy groups -OCH3 is 2. The summed E-state index contributed by atoms with van der Waals surface area (Å²) in [5.41, 5.74) is 2.10. The Morgan fingerprint density at radius 3 is 2.67 bits per heavy atom. The number of anilines is 1. The van der Waals surface area contributed by atoms with Crippen molar-refractivity contribution in [1.29, 1.82) is 0 Å². The zero-order valence-electron chi connectivity index (χ0n) is 11.1. The lowest BCUT2D eigenvalue weighted by atomic mass is 10.2. The zero-order chi connectivity index (χ0) is 13.1. The van der Waals surface area contributed by atoms with E-state index in [1.165, 1.54) is 4.70 Å². The van der Waals surface area contributed by atoms with E-state index >= 15 is 0 Å². The van der Waals surface area contributed by atoms with Crippen molar-refractivity contribution in [3.05, 3.63) is 23.2 Å². The standard InChI is InChI=1S/C13H18N2O2S/c1-8(13(16-3)17-4)14-10-5-6-11-12(7-10)18-9(2)15-11/h5-8,13-14H,1-4H3. The van der Waals surface area contributed by atoms with E-state index in [-0.39, 0.29) is 12.3 Å². The van der Waals surface area contributed by atoms with Crippen molar-refractivity contribution in [2.45, 2.75) is 26.2 Å². The third kappa shape index (κ3) is 2.80. The van der Waals surface area contributed by atoms with Gasteiger partial charge in [0, 0.05) is 19.9 Å². The maximum atomic E-state index is 5.23. The third-order valence-electron chi connectivity index (χ3n) is 2.76. The molecule has 1 unspecified atom stereocenters. The first kappa shape index (κ1) is 13.3. The molecule has 5 heteroatoms. The fraction of sp³-hybridized carbons (Fsp3) is 0.462. The minimum Gasteiger partial charge on any atom is -0.377 e. The number of thiazole rings is 1. The van der Waals surface area contributed by atoms with Crippen LogP contribution in [-0.4, -0.2) is 31.5 Å². The highest BCUT2D eigenvalue weighted by atomic mass is 32.1. The molecule has 0 aliphatic heterocycles. The van der Waals surface area contributed by atoms with Gasteiger partial charge in [0.05, 0.1) is 21.3 Å². The molecule has 0 aliphatic rings. The van der Waals surface area contributed by atoms with Gasteiger partial charge in [-0.2, -0.15) is 0 Å². The number of nitrogens with one attached hydrogen (secondary N) is 1. The van der Waals surface area contributed by atoms with Gasteiger partial charge in [-0.3, -0.25) is 0 Å². The number of rotatable bonds is 5. The van der Waals surface area contributed by atoms with E-state index in [4.69, 9.17) is 9.47 Å². The third-order valence-corrected chi connectivity index (χ3v) is 3.70. The van der Waals surface area contributed by atoms with Crippen LogP contribution in [0.2, 0.25) is 0 Å². The van der Waals surface area contributed by atoms with Crippen LogP contribution in [0.4, 0.5) is 5.69 Å². The van der Waals surface area contributed by atoms with Gasteiger partial charge in [0.15, 0.2) is 6.29 Å². The summed E-state index contributed by atoms with van der Waals surface area (Å²) in [6, 6.07) is 6.24. The van der Waals surface area contributed by atoms with Crippen LogP contribution in [0.1, 0.15) is 11.9 Å². The van der Waals surface area contributed by atoms with E-state index in [0.717, 1.165) is 16.2 Å². The number of fused-ring (bicyclic) bond motifs is 1. The molecule has 0 fully saturated rings. The summed E-state index contributed by atoms with van der Waals surface area (Å²) >= 11 is 1.70. The monoisotopic (exact) mass is 266 g/mol. The molecule has 1 aromatic carbocycles. The number of hydrogen-bond donors (Lipinski definition) is 1. The molecule has 0 aliphatic carbocycles. The predicted molar refractivity (Wildman–Crippen MR) is 75.2 cm³/mol. The molecule has 1 atom stereocenters. The number of hydrogen-bond acceptors (Lipinski definition) is 5. The van der Waals surface area contributed by atoms with Crippen LogP contribution >= 0.6 is 11.3 Å². The summed E-state index contributed by atoms with van der Waals surface area (Å²) in [7, 11) is 3.28. The normalized spacial score (nSPS) is 13.2. The van der Waals surface area contributed by atoms with Gasteiger partial charge in [-0.05, 0) is 32.0 Å². The molecule has 0 spiro atoms. The van der Waals surface area contributed by atoms with Crippen LogP contribution in [-0.2, 0) is 9.47 Å². The fourth-order valence-corrected chi connectivity index (χ4v) is 2.83. The number of nitrogens with zero attached hydrogens (tertiary/aromatic N) is 1. The van der Waals surface area contributed by atoms with Gasteiger partial charge in [0.2, 0.25) is 0 Å². The highest BCUT2D eigenvalue weighted by Crippen LogP contribution is 2.25. The van der Waals surface area contributed by atoms with E-state index in [1.54, 1.807) is 25.6 Å². The number of benzene rings is 1. The minimum atomic E-state index is -0.260. The lowest BCUT2D eigenvalue weighted by Gasteiger charge is -2.23. The Labute approximate surface area is 111 Å². The first-order chi connectivity index (χ1) is 8.63. The molecule has 1 N–H and O–H groups in total. The summed E-state index contributed by atoms with van der Waals surface area (Å²) in [5.74, 6) is 0. The first-order valence-electron chi connectivity index (χ1n) is 5.83. The first-order valence-corrected chi connectivity index (χ1v) is 6.65. The van der Waals surface area contributed by atoms with Gasteiger partial charge in [0.25, 0.3) is 0 Å². The molecule has 18 heavy (non-hydrogen) atoms. The Balaban J connectivity index is 2.16. The predicted octanol–water partition coefficient (Wildman–Crippen LogP) is 3.02. The van der Waals surface area contributed by atoms with Gasteiger partial charge >= 0.3 is 0 Å². The second-order valence-electron chi connectivity index (χ2n) is 4.19. The lowest BCUT2D eigenvalue weighted by molar-refractivity contribution is -0.109. The topological polar surface area (TPSA) is 43.4 Å². The molecule has 1 aromatic heterocycles. The Morgan fingerprint density at radius 2 is 2.00 bits per heavy atom. The van der Waals surface area contributed by atoms with Gasteiger partial charge in [-0.1, -0.05) is 0 Å². The molecule has 2 aromatic rings. The van der Waals surface area contributed by atoms with Crippen LogP contribution in [0.25, 0.3) is 10.2 Å². The van der Waals surface area contributed by atoms with Crippen LogP contribution in [0.15, 0.2) is 18.2 Å². The molecule has 0 amide bonds. The summed E-state index contributed by atoms with van der Waals surface area (Å²) in [4.78, 5) is 4.44. The van der Waals surface area contributed by atoms with Crippen LogP contribution < -0.4 is 5.32 Å². The second-order valence-corrected chi connectivity index (χ2v) is 5.42. The van der Waals surface area contributed by atoms with Gasteiger partial charge in [0.1, 0.15) is 0 Å². The molecule has 98 valence electrons. The average molecular weight is 266 g/mol. The van der Waals surface area contributed by atoms with E-state index in [1.807, 2.05) is 26.0 Å². The van der Waals surface area contributed by atoms with E-state index < -0.39 is 0 Å². The van der Waals surface area contributed by atoms with Crippen LogP contribution in [0.5, 0.6) is 0 Å². The van der Waals surface area contributed by atoms with Crippen molar-refractivity contribution in [2.24, 2.45) is 0 Å². The van der Waals surface area contributed by atoms with Gasteiger partial charge < -0.3 is 14.8 Å². The van der Waals surface area contributed by atoms with Crippen LogP contribution in [0, 0.1) is 6.92 Å². The summed E-state index contributed by atoms with van der Waals surface area (Å²) in [6.07, 6.45) is -0.260. The Hall–Kier alpha value is -1.17. The highest BCUT2D eigenvalue weighted by molar-refractivity contribution is 7.18. The molecular formula is C13H18N2O2S. The summed E-state index contributed by atoms with van der Waals surface area (Å²) in [6.45, 7) is 4.05. The SMILES string of the molecule is COC(OC)C(C)Nc1ccc2nc(C)sc2c1. The maximum absolute atomic E-state index is 5.23. The lowest BCUT2D eigenvalue weighted by Crippen LogP contribution is -2.33. The second kappa shape index (κ2) is 5.65. The zero-order valence-corrected chi connectivity index (χ0v) is 11.9. The van der Waals surface area contributed by atoms with E-state index in [0.29, 0.717) is 0 Å². The number of ether oxygens (including phenoxy) is 2. The molecule has 0 bridgehead atoms. The molecule has 2 rings (SSSR count). The molecule has 1 heterocycles. The van der Waals surface area contributed by atoms with Gasteiger partial charge in [-0.15, -0.1) is 11.3 Å². The molecule has 0 saturated heterocycles. The summed E-state index contributed by atoms with van der Waals surface area (Å²) < 4.78 is 11.7. The van der Waals surface area contributed by atoms with Crippen molar-refractivity contribution < 1.29 is 9.47 Å². The van der Waals surface area contributed by atoms with Crippen LogP contribution in [0.3, 0.4) is 0 Å². The average Bonchev–Trinajstić information content (AvgIpc) is 2.70. The van der Waals surface area contributed by atoms with Gasteiger partial charge in [-0.25, -0.2) is 4.98 Å². The van der Waals surface area contributed by atoms with Crippen molar-refractivity contribution in [1.82, 2.24) is 4.98 Å². The largest absolute Gasteiger partial charge is 0.377 e. The Morgan fingerprint density at radius 1 is 1.28 bits per heavy atom. The van der Waals surface area contributed by atoms with E-state index in [9.17, 15) is 0 Å². The maximum Gasteiger partial charge on any atom is 0.176 e. The smallest absolute Gasteiger partial charge is 0.176 e. The number of aromatic nitrogens is 1. The van der Waals surface area contributed by atoms with Crippen molar-refractivity contribution in [3.8, 4) is 0 Å². The van der Waals surface area contributed by atoms with Crippen molar-refractivity contribution in [2.75, 3.05) is 19.5 Å². The number of aryl methyl sites for hydroxylation is 1. The Bertz CT molecular complexity index is 523. The fourth-order valence-electron chi connectivity index (χ4n) is 1.97. The van der Waals surface area contributed by atoms with E-state index in [2.05, 4.69) is 16.4 Å². The van der Waals surface area contributed by atoms with Crippen molar-refractivity contribution >= 4 is 27.2 Å². The molecule has 0 radical (unpaired) electrons. The van der Waals surface area contributed by atoms with Crippen molar-refractivity contribution in [3.63, 3.8) is 0 Å². The molecule has 4 nitrogen and oxygen atoms in total. The quantitative estimate of drug-likeness (QED) is 0.845. The molecule has 0 saturated carbocycles. The minimum absolute atomic E-state index is 0.0754. The highest BCUT2D eigenvalue weighted by Gasteiger charge is 2.15. The Kier molecular flexibility index (Phi) is 4.16.